The highest BCUT2D eigenvalue weighted by molar-refractivity contribution is 7.89. The van der Waals surface area contributed by atoms with Crippen LogP contribution in [0.5, 0.6) is 0 Å². The van der Waals surface area contributed by atoms with Crippen molar-refractivity contribution in [2.24, 2.45) is 0 Å². The van der Waals surface area contributed by atoms with E-state index in [9.17, 15) is 8.42 Å². The normalized spacial score (nSPS) is 11.9. The van der Waals surface area contributed by atoms with Crippen molar-refractivity contribution in [1.29, 1.82) is 0 Å². The summed E-state index contributed by atoms with van der Waals surface area (Å²) in [6.45, 7) is 3.90. The molecule has 0 bridgehead atoms. The van der Waals surface area contributed by atoms with Crippen LogP contribution in [0.2, 0.25) is 0 Å². The number of aryl methyl sites for hydroxylation is 1. The molecular formula is C9H16N2O3S. The molecule has 0 spiro atoms. The fraction of sp³-hybridized carbons (Fsp3) is 0.667. The van der Waals surface area contributed by atoms with Crippen LogP contribution >= 0.6 is 0 Å². The Morgan fingerprint density at radius 1 is 1.47 bits per heavy atom. The minimum atomic E-state index is -3.18. The highest BCUT2D eigenvalue weighted by Crippen LogP contribution is 2.04. The molecule has 0 aliphatic heterocycles. The first kappa shape index (κ1) is 12.2. The van der Waals surface area contributed by atoms with E-state index in [-0.39, 0.29) is 12.3 Å². The highest BCUT2D eigenvalue weighted by atomic mass is 32.2. The van der Waals surface area contributed by atoms with E-state index in [4.69, 9.17) is 4.42 Å². The number of nitrogens with zero attached hydrogens (tertiary/aromatic N) is 1. The monoisotopic (exact) mass is 232 g/mol. The Labute approximate surface area is 89.9 Å². The molecule has 0 aliphatic carbocycles. The molecule has 6 heteroatoms. The lowest BCUT2D eigenvalue weighted by Gasteiger charge is -2.01. The van der Waals surface area contributed by atoms with Crippen LogP contribution in [0, 0.1) is 0 Å². The molecule has 0 aromatic carbocycles. The lowest BCUT2D eigenvalue weighted by atomic mass is 10.4. The van der Waals surface area contributed by atoms with Crippen LogP contribution < -0.4 is 4.72 Å². The average Bonchev–Trinajstić information content (AvgIpc) is 2.62. The van der Waals surface area contributed by atoms with Gasteiger partial charge in [0, 0.05) is 6.42 Å². The predicted molar refractivity (Wildman–Crippen MR) is 56.8 cm³/mol. The van der Waals surface area contributed by atoms with Gasteiger partial charge in [-0.25, -0.2) is 18.1 Å². The third-order valence-corrected chi connectivity index (χ3v) is 3.40. The van der Waals surface area contributed by atoms with Gasteiger partial charge < -0.3 is 4.42 Å². The Hall–Kier alpha value is -0.880. The second-order valence-electron chi connectivity index (χ2n) is 3.21. The molecule has 0 fully saturated rings. The number of hydrogen-bond donors (Lipinski definition) is 1. The van der Waals surface area contributed by atoms with Crippen molar-refractivity contribution in [3.63, 3.8) is 0 Å². The van der Waals surface area contributed by atoms with E-state index >= 15 is 0 Å². The topological polar surface area (TPSA) is 72.2 Å². The molecule has 5 nitrogen and oxygen atoms in total. The number of nitrogens with one attached hydrogen (secondary N) is 1. The average molecular weight is 232 g/mol. The van der Waals surface area contributed by atoms with Crippen molar-refractivity contribution in [2.75, 3.05) is 5.75 Å². The van der Waals surface area contributed by atoms with E-state index in [2.05, 4.69) is 9.71 Å². The number of sulfonamides is 1. The standard InChI is InChI=1S/C9H16N2O3S/c1-3-5-15(12,13)11-7-9-10-6-8(4-2)14-9/h6,11H,3-5,7H2,1-2H3. The summed E-state index contributed by atoms with van der Waals surface area (Å²) in [4.78, 5) is 3.96. The summed E-state index contributed by atoms with van der Waals surface area (Å²) in [5, 5.41) is 0. The first-order valence-corrected chi connectivity index (χ1v) is 6.63. The van der Waals surface area contributed by atoms with Gasteiger partial charge in [-0.1, -0.05) is 13.8 Å². The predicted octanol–water partition coefficient (Wildman–Crippen LogP) is 1.07. The Balaban J connectivity index is 2.50. The Kier molecular flexibility index (Phi) is 4.28. The van der Waals surface area contributed by atoms with E-state index in [1.165, 1.54) is 0 Å². The van der Waals surface area contributed by atoms with E-state index < -0.39 is 10.0 Å². The number of rotatable bonds is 6. The van der Waals surface area contributed by atoms with E-state index in [1.54, 1.807) is 6.20 Å². The van der Waals surface area contributed by atoms with Crippen molar-refractivity contribution < 1.29 is 12.8 Å². The second kappa shape index (κ2) is 5.27. The fourth-order valence-corrected chi connectivity index (χ4v) is 2.13. The summed E-state index contributed by atoms with van der Waals surface area (Å²) < 4.78 is 30.3. The molecule has 1 N–H and O–H groups in total. The third kappa shape index (κ3) is 4.01. The van der Waals surface area contributed by atoms with Gasteiger partial charge in [0.25, 0.3) is 0 Å². The van der Waals surface area contributed by atoms with Crippen molar-refractivity contribution in [3.05, 3.63) is 17.8 Å². The summed E-state index contributed by atoms with van der Waals surface area (Å²) in [5.74, 6) is 1.31. The zero-order valence-corrected chi connectivity index (χ0v) is 9.80. The van der Waals surface area contributed by atoms with Gasteiger partial charge in [0.15, 0.2) is 0 Å². The molecule has 0 amide bonds. The molecule has 1 aromatic heterocycles. The van der Waals surface area contributed by atoms with Crippen LogP contribution in [0.25, 0.3) is 0 Å². The Bertz CT molecular complexity index is 397. The zero-order chi connectivity index (χ0) is 11.3. The van der Waals surface area contributed by atoms with Crippen molar-refractivity contribution in [1.82, 2.24) is 9.71 Å². The van der Waals surface area contributed by atoms with Crippen LogP contribution in [-0.4, -0.2) is 19.2 Å². The van der Waals surface area contributed by atoms with Gasteiger partial charge in [-0.15, -0.1) is 0 Å². The van der Waals surface area contributed by atoms with Gasteiger partial charge in [0.1, 0.15) is 5.76 Å². The molecule has 0 unspecified atom stereocenters. The van der Waals surface area contributed by atoms with Gasteiger partial charge in [-0.3, -0.25) is 0 Å². The van der Waals surface area contributed by atoms with Gasteiger partial charge in [-0.2, -0.15) is 0 Å². The number of aromatic nitrogens is 1. The Morgan fingerprint density at radius 2 is 2.20 bits per heavy atom. The summed E-state index contributed by atoms with van der Waals surface area (Å²) in [7, 11) is -3.18. The van der Waals surface area contributed by atoms with E-state index in [1.807, 2.05) is 13.8 Å². The number of hydrogen-bond acceptors (Lipinski definition) is 4. The molecule has 1 aromatic rings. The zero-order valence-electron chi connectivity index (χ0n) is 8.99. The molecule has 0 saturated carbocycles. The van der Waals surface area contributed by atoms with Crippen LogP contribution in [0.3, 0.4) is 0 Å². The fourth-order valence-electron chi connectivity index (χ4n) is 1.11. The first-order chi connectivity index (χ1) is 7.07. The highest BCUT2D eigenvalue weighted by Gasteiger charge is 2.10. The van der Waals surface area contributed by atoms with Gasteiger partial charge >= 0.3 is 0 Å². The molecule has 0 aliphatic rings. The molecular weight excluding hydrogens is 216 g/mol. The molecule has 0 radical (unpaired) electrons. The molecule has 86 valence electrons. The smallest absolute Gasteiger partial charge is 0.212 e. The molecule has 1 heterocycles. The Morgan fingerprint density at radius 3 is 2.73 bits per heavy atom. The van der Waals surface area contributed by atoms with Gasteiger partial charge in [0.05, 0.1) is 18.5 Å². The lowest BCUT2D eigenvalue weighted by molar-refractivity contribution is 0.452. The molecule has 0 saturated heterocycles. The van der Waals surface area contributed by atoms with Crippen molar-refractivity contribution in [3.8, 4) is 0 Å². The second-order valence-corrected chi connectivity index (χ2v) is 5.14. The maximum absolute atomic E-state index is 11.3. The largest absolute Gasteiger partial charge is 0.444 e. The van der Waals surface area contributed by atoms with Gasteiger partial charge in [-0.05, 0) is 6.42 Å². The quantitative estimate of drug-likeness (QED) is 0.796. The SMILES string of the molecule is CCCS(=O)(=O)NCc1ncc(CC)o1. The van der Waals surface area contributed by atoms with Crippen LogP contribution in [-0.2, 0) is 23.0 Å². The van der Waals surface area contributed by atoms with Crippen molar-refractivity contribution >= 4 is 10.0 Å². The maximum Gasteiger partial charge on any atom is 0.212 e. The van der Waals surface area contributed by atoms with E-state index in [0.717, 1.165) is 12.2 Å². The first-order valence-electron chi connectivity index (χ1n) is 4.98. The molecule has 1 rings (SSSR count). The summed E-state index contributed by atoms with van der Waals surface area (Å²) in [6, 6.07) is 0. The van der Waals surface area contributed by atoms with Crippen LogP contribution in [0.4, 0.5) is 0 Å². The molecule has 15 heavy (non-hydrogen) atoms. The minimum Gasteiger partial charge on any atom is -0.444 e. The summed E-state index contributed by atoms with van der Waals surface area (Å²) >= 11 is 0. The number of oxazole rings is 1. The molecule has 0 atom stereocenters. The van der Waals surface area contributed by atoms with Crippen LogP contribution in [0.1, 0.15) is 31.9 Å². The maximum atomic E-state index is 11.3. The van der Waals surface area contributed by atoms with Crippen molar-refractivity contribution in [2.45, 2.75) is 33.2 Å². The lowest BCUT2D eigenvalue weighted by Crippen LogP contribution is -2.25. The van der Waals surface area contributed by atoms with E-state index in [0.29, 0.717) is 12.3 Å². The summed E-state index contributed by atoms with van der Waals surface area (Å²) in [5.41, 5.74) is 0. The van der Waals surface area contributed by atoms with Gasteiger partial charge in [0.2, 0.25) is 15.9 Å². The third-order valence-electron chi connectivity index (χ3n) is 1.87. The summed E-state index contributed by atoms with van der Waals surface area (Å²) in [6.07, 6.45) is 2.97. The minimum absolute atomic E-state index is 0.127. The van der Waals surface area contributed by atoms with Crippen LogP contribution in [0.15, 0.2) is 10.6 Å².